The summed E-state index contributed by atoms with van der Waals surface area (Å²) in [5, 5.41) is 5.19. The molecule has 134 valence electrons. The van der Waals surface area contributed by atoms with Gasteiger partial charge in [-0.05, 0) is 49.9 Å². The zero-order valence-corrected chi connectivity index (χ0v) is 16.3. The van der Waals surface area contributed by atoms with Crippen LogP contribution in [-0.2, 0) is 5.41 Å². The number of likely N-dealkylation sites (N-methyl/N-ethyl adjacent to an activating group) is 1. The maximum absolute atomic E-state index is 6.11. The van der Waals surface area contributed by atoms with E-state index in [0.29, 0.717) is 23.9 Å². The molecule has 0 amide bonds. The third kappa shape index (κ3) is 3.02. The van der Waals surface area contributed by atoms with E-state index in [1.807, 2.05) is 12.1 Å². The molecule has 2 aromatic rings. The van der Waals surface area contributed by atoms with Crippen molar-refractivity contribution in [2.24, 2.45) is 0 Å². The van der Waals surface area contributed by atoms with Crippen LogP contribution in [0.3, 0.4) is 0 Å². The molecule has 25 heavy (non-hydrogen) atoms. The molecule has 4 heteroatoms. The van der Waals surface area contributed by atoms with Crippen LogP contribution in [0.4, 0.5) is 0 Å². The Morgan fingerprint density at radius 1 is 1.16 bits per heavy atom. The number of halogens is 1. The van der Waals surface area contributed by atoms with Gasteiger partial charge in [-0.15, -0.1) is 0 Å². The first-order chi connectivity index (χ1) is 11.8. The second-order valence-corrected chi connectivity index (χ2v) is 9.18. The molecule has 4 rings (SSSR count). The van der Waals surface area contributed by atoms with Crippen molar-refractivity contribution < 1.29 is 4.52 Å². The highest BCUT2D eigenvalue weighted by Crippen LogP contribution is 2.51. The number of hydrogen-bond acceptors (Lipinski definition) is 3. The molecule has 2 bridgehead atoms. The smallest absolute Gasteiger partial charge is 0.142 e. The largest absolute Gasteiger partial charge is 0.361 e. The van der Waals surface area contributed by atoms with Crippen molar-refractivity contribution in [1.29, 1.82) is 0 Å². The summed E-state index contributed by atoms with van der Waals surface area (Å²) in [5.41, 5.74) is 2.42. The van der Waals surface area contributed by atoms with Gasteiger partial charge in [-0.3, -0.25) is 4.90 Å². The predicted molar refractivity (Wildman–Crippen MR) is 101 cm³/mol. The quantitative estimate of drug-likeness (QED) is 0.723. The number of fused-ring (bicyclic) bond motifs is 2. The maximum atomic E-state index is 6.11. The summed E-state index contributed by atoms with van der Waals surface area (Å²) < 4.78 is 5.90. The van der Waals surface area contributed by atoms with Gasteiger partial charge in [0, 0.05) is 34.5 Å². The molecule has 0 N–H and O–H groups in total. The van der Waals surface area contributed by atoms with Gasteiger partial charge in [-0.2, -0.15) is 0 Å². The number of hydrogen-bond donors (Lipinski definition) is 0. The summed E-state index contributed by atoms with van der Waals surface area (Å²) in [6.45, 7) is 6.55. The van der Waals surface area contributed by atoms with Crippen molar-refractivity contribution in [1.82, 2.24) is 10.1 Å². The molecule has 2 fully saturated rings. The summed E-state index contributed by atoms with van der Waals surface area (Å²) in [6.07, 6.45) is 3.69. The lowest BCUT2D eigenvalue weighted by molar-refractivity contribution is 0.122. The van der Waals surface area contributed by atoms with Crippen molar-refractivity contribution in [3.63, 3.8) is 0 Å². The van der Waals surface area contributed by atoms with Crippen LogP contribution in [-0.4, -0.2) is 29.2 Å². The molecule has 3 heterocycles. The van der Waals surface area contributed by atoms with Crippen molar-refractivity contribution in [2.75, 3.05) is 7.05 Å². The van der Waals surface area contributed by atoms with Crippen molar-refractivity contribution in [3.05, 3.63) is 52.4 Å². The van der Waals surface area contributed by atoms with E-state index in [1.54, 1.807) is 0 Å². The number of piperidine rings is 1. The molecule has 1 aromatic heterocycles. The Morgan fingerprint density at radius 3 is 2.52 bits per heavy atom. The molecule has 0 saturated carbocycles. The molecule has 2 aliphatic rings. The van der Waals surface area contributed by atoms with Crippen LogP contribution in [0.15, 0.2) is 34.9 Å². The fraction of sp³-hybridized carbons (Fsp3) is 0.571. The maximum Gasteiger partial charge on any atom is 0.142 e. The minimum atomic E-state index is 0.0102. The van der Waals surface area contributed by atoms with Crippen LogP contribution in [0.25, 0.3) is 0 Å². The van der Waals surface area contributed by atoms with Gasteiger partial charge in [0.1, 0.15) is 5.76 Å². The van der Waals surface area contributed by atoms with Gasteiger partial charge in [0.15, 0.2) is 0 Å². The number of rotatable bonds is 2. The van der Waals surface area contributed by atoms with Gasteiger partial charge in [0.05, 0.1) is 5.69 Å². The molecule has 4 atom stereocenters. The van der Waals surface area contributed by atoms with Crippen LogP contribution < -0.4 is 0 Å². The van der Waals surface area contributed by atoms with E-state index in [9.17, 15) is 0 Å². The van der Waals surface area contributed by atoms with Gasteiger partial charge in [-0.25, -0.2) is 0 Å². The highest BCUT2D eigenvalue weighted by Gasteiger charge is 2.48. The zero-order valence-electron chi connectivity index (χ0n) is 15.5. The summed E-state index contributed by atoms with van der Waals surface area (Å²) in [6, 6.07) is 11.8. The molecular formula is C21H27ClN2O. The molecule has 3 nitrogen and oxygen atoms in total. The van der Waals surface area contributed by atoms with Crippen molar-refractivity contribution >= 4 is 11.6 Å². The minimum absolute atomic E-state index is 0.0102. The number of nitrogens with zero attached hydrogens (tertiary/aromatic N) is 2. The molecule has 0 radical (unpaired) electrons. The lowest BCUT2D eigenvalue weighted by Gasteiger charge is -2.42. The molecule has 0 unspecified atom stereocenters. The Kier molecular flexibility index (Phi) is 4.20. The van der Waals surface area contributed by atoms with E-state index in [-0.39, 0.29) is 5.41 Å². The van der Waals surface area contributed by atoms with E-state index in [4.69, 9.17) is 16.1 Å². The van der Waals surface area contributed by atoms with Crippen LogP contribution in [0.2, 0.25) is 5.02 Å². The summed E-state index contributed by atoms with van der Waals surface area (Å²) >= 11 is 6.11. The Bertz CT molecular complexity index is 746. The minimum Gasteiger partial charge on any atom is -0.361 e. The van der Waals surface area contributed by atoms with E-state index in [1.165, 1.54) is 24.8 Å². The lowest BCUT2D eigenvalue weighted by Crippen LogP contribution is -2.44. The zero-order chi connectivity index (χ0) is 17.8. The number of aromatic nitrogens is 1. The fourth-order valence-corrected chi connectivity index (χ4v) is 4.83. The monoisotopic (exact) mass is 358 g/mol. The van der Waals surface area contributed by atoms with E-state index >= 15 is 0 Å². The first kappa shape index (κ1) is 17.1. The average Bonchev–Trinajstić information content (AvgIpc) is 3.12. The van der Waals surface area contributed by atoms with Gasteiger partial charge >= 0.3 is 0 Å². The molecule has 1 aromatic carbocycles. The third-order valence-corrected chi connectivity index (χ3v) is 6.44. The average molecular weight is 359 g/mol. The highest BCUT2D eigenvalue weighted by molar-refractivity contribution is 6.30. The van der Waals surface area contributed by atoms with Gasteiger partial charge < -0.3 is 4.52 Å². The Balaban J connectivity index is 1.74. The normalized spacial score (nSPS) is 30.0. The van der Waals surface area contributed by atoms with Crippen LogP contribution in [0, 0.1) is 0 Å². The molecular weight excluding hydrogens is 332 g/mol. The van der Waals surface area contributed by atoms with Crippen LogP contribution in [0.5, 0.6) is 0 Å². The Hall–Kier alpha value is -1.32. The highest BCUT2D eigenvalue weighted by atomic mass is 35.5. The lowest BCUT2D eigenvalue weighted by atomic mass is 9.74. The fourth-order valence-electron chi connectivity index (χ4n) is 4.71. The van der Waals surface area contributed by atoms with E-state index in [0.717, 1.165) is 16.5 Å². The van der Waals surface area contributed by atoms with Gasteiger partial charge in [-0.1, -0.05) is 49.7 Å². The second-order valence-electron chi connectivity index (χ2n) is 8.75. The first-order valence-electron chi connectivity index (χ1n) is 9.29. The SMILES string of the molecule is CN1[C@H]2CC[C@@H]1[C@@H](c1cc(C(C)(C)C)no1)[C@@H](c1ccc(Cl)cc1)C2. The second kappa shape index (κ2) is 6.14. The molecule has 0 spiro atoms. The van der Waals surface area contributed by atoms with Gasteiger partial charge in [0.25, 0.3) is 0 Å². The predicted octanol–water partition coefficient (Wildman–Crippen LogP) is 5.36. The summed E-state index contributed by atoms with van der Waals surface area (Å²) in [7, 11) is 2.27. The Morgan fingerprint density at radius 2 is 1.88 bits per heavy atom. The molecule has 2 aliphatic heterocycles. The van der Waals surface area contributed by atoms with Crippen molar-refractivity contribution in [2.45, 2.75) is 69.4 Å². The van der Waals surface area contributed by atoms with Crippen molar-refractivity contribution in [3.8, 4) is 0 Å². The Labute approximate surface area is 155 Å². The number of benzene rings is 1. The van der Waals surface area contributed by atoms with E-state index < -0.39 is 0 Å². The summed E-state index contributed by atoms with van der Waals surface area (Å²) in [4.78, 5) is 2.57. The third-order valence-electron chi connectivity index (χ3n) is 6.19. The topological polar surface area (TPSA) is 29.3 Å². The standard InChI is InChI=1S/C21H27ClN2O/c1-21(2,3)19-12-18(25-23-19)20-16(13-5-7-14(22)8-6-13)11-15-9-10-17(20)24(15)4/h5-8,12,15-17,20H,9-11H2,1-4H3/t15-,16+,17+,20-/m0/s1. The first-order valence-corrected chi connectivity index (χ1v) is 9.67. The van der Waals surface area contributed by atoms with Gasteiger partial charge in [0.2, 0.25) is 0 Å². The van der Waals surface area contributed by atoms with E-state index in [2.05, 4.69) is 56.1 Å². The van der Waals surface area contributed by atoms with Crippen LogP contribution in [0.1, 0.15) is 68.9 Å². The molecule has 0 aliphatic carbocycles. The summed E-state index contributed by atoms with van der Waals surface area (Å²) in [5.74, 6) is 1.86. The molecule has 2 saturated heterocycles. The van der Waals surface area contributed by atoms with Crippen LogP contribution >= 0.6 is 11.6 Å².